The first-order chi connectivity index (χ1) is 11.1. The van der Waals surface area contributed by atoms with Gasteiger partial charge in [0, 0.05) is 30.2 Å². The van der Waals surface area contributed by atoms with Gasteiger partial charge in [0.05, 0.1) is 5.92 Å². The summed E-state index contributed by atoms with van der Waals surface area (Å²) in [6.07, 6.45) is 0. The third kappa shape index (κ3) is 4.03. The molecule has 0 atom stereocenters. The van der Waals surface area contributed by atoms with Crippen LogP contribution in [0, 0.1) is 5.92 Å². The van der Waals surface area contributed by atoms with Crippen molar-refractivity contribution in [2.24, 2.45) is 5.92 Å². The summed E-state index contributed by atoms with van der Waals surface area (Å²) in [5.41, 5.74) is 2.07. The van der Waals surface area contributed by atoms with Crippen molar-refractivity contribution in [3.8, 4) is 5.75 Å². The minimum absolute atomic E-state index is 0.227. The fourth-order valence-corrected chi connectivity index (χ4v) is 2.81. The molecule has 2 aromatic rings. The van der Waals surface area contributed by atoms with Crippen LogP contribution in [0.1, 0.15) is 11.1 Å². The molecule has 0 aromatic heterocycles. The van der Waals surface area contributed by atoms with Gasteiger partial charge in [-0.25, -0.2) is 0 Å². The van der Waals surface area contributed by atoms with Gasteiger partial charge in [0.15, 0.2) is 0 Å². The van der Waals surface area contributed by atoms with Gasteiger partial charge in [-0.2, -0.15) is 0 Å². The van der Waals surface area contributed by atoms with Crippen LogP contribution in [-0.2, 0) is 17.9 Å². The molecule has 23 heavy (non-hydrogen) atoms. The number of ether oxygens (including phenoxy) is 1. The predicted molar refractivity (Wildman–Crippen MR) is 88.6 cm³/mol. The van der Waals surface area contributed by atoms with Crippen LogP contribution in [0.4, 0.5) is 0 Å². The number of carboxylic acid groups (broad SMARTS) is 1. The maximum Gasteiger partial charge on any atom is 0.309 e. The van der Waals surface area contributed by atoms with Crippen LogP contribution in [-0.4, -0.2) is 29.1 Å². The van der Waals surface area contributed by atoms with Crippen LogP contribution in [0.5, 0.6) is 5.75 Å². The summed E-state index contributed by atoms with van der Waals surface area (Å²) < 4.78 is 5.81. The largest absolute Gasteiger partial charge is 0.489 e. The van der Waals surface area contributed by atoms with Crippen LogP contribution in [0.3, 0.4) is 0 Å². The van der Waals surface area contributed by atoms with E-state index in [4.69, 9.17) is 21.4 Å². The predicted octanol–water partition coefficient (Wildman–Crippen LogP) is 3.44. The number of benzene rings is 2. The molecule has 0 saturated carbocycles. The molecule has 0 spiro atoms. The molecule has 1 aliphatic heterocycles. The lowest BCUT2D eigenvalue weighted by Crippen LogP contribution is -2.49. The van der Waals surface area contributed by atoms with Crippen molar-refractivity contribution in [3.63, 3.8) is 0 Å². The maximum atomic E-state index is 10.8. The summed E-state index contributed by atoms with van der Waals surface area (Å²) in [5.74, 6) is -0.148. The maximum absolute atomic E-state index is 10.8. The Morgan fingerprint density at radius 3 is 2.74 bits per heavy atom. The number of halogens is 1. The lowest BCUT2D eigenvalue weighted by Gasteiger charge is -2.36. The Kier molecular flexibility index (Phi) is 4.84. The first kappa shape index (κ1) is 15.8. The summed E-state index contributed by atoms with van der Waals surface area (Å²) in [6, 6.07) is 15.5. The first-order valence-electron chi connectivity index (χ1n) is 7.52. The number of likely N-dealkylation sites (tertiary alicyclic amines) is 1. The number of hydrogen-bond donors (Lipinski definition) is 1. The second-order valence-electron chi connectivity index (χ2n) is 5.76. The van der Waals surface area contributed by atoms with Gasteiger partial charge in [-0.3, -0.25) is 9.69 Å². The Hall–Kier alpha value is -2.04. The summed E-state index contributed by atoms with van der Waals surface area (Å²) in [4.78, 5) is 12.9. The highest BCUT2D eigenvalue weighted by Crippen LogP contribution is 2.22. The van der Waals surface area contributed by atoms with Gasteiger partial charge < -0.3 is 9.84 Å². The molecule has 1 heterocycles. The molecule has 0 radical (unpaired) electrons. The van der Waals surface area contributed by atoms with Gasteiger partial charge in [-0.15, -0.1) is 0 Å². The van der Waals surface area contributed by atoms with Crippen LogP contribution in [0.15, 0.2) is 48.5 Å². The van der Waals surface area contributed by atoms with Gasteiger partial charge in [0.2, 0.25) is 0 Å². The van der Waals surface area contributed by atoms with Gasteiger partial charge in [-0.1, -0.05) is 41.9 Å². The average molecular weight is 332 g/mol. The van der Waals surface area contributed by atoms with Gasteiger partial charge in [0.1, 0.15) is 12.4 Å². The summed E-state index contributed by atoms with van der Waals surface area (Å²) in [6.45, 7) is 2.39. The summed E-state index contributed by atoms with van der Waals surface area (Å²) >= 11 is 6.12. The molecule has 0 bridgehead atoms. The highest BCUT2D eigenvalue weighted by atomic mass is 35.5. The smallest absolute Gasteiger partial charge is 0.309 e. The summed E-state index contributed by atoms with van der Waals surface area (Å²) in [5, 5.41) is 9.60. The van der Waals surface area contributed by atoms with Crippen LogP contribution < -0.4 is 4.74 Å². The number of rotatable bonds is 6. The lowest BCUT2D eigenvalue weighted by atomic mass is 9.99. The monoisotopic (exact) mass is 331 g/mol. The molecule has 0 unspecified atom stereocenters. The Morgan fingerprint density at radius 2 is 2.00 bits per heavy atom. The second kappa shape index (κ2) is 7.02. The molecule has 0 amide bonds. The fourth-order valence-electron chi connectivity index (χ4n) is 2.62. The quantitative estimate of drug-likeness (QED) is 0.881. The van der Waals surface area contributed by atoms with E-state index in [0.29, 0.717) is 24.7 Å². The number of hydrogen-bond acceptors (Lipinski definition) is 3. The van der Waals surface area contributed by atoms with Gasteiger partial charge in [0.25, 0.3) is 0 Å². The Morgan fingerprint density at radius 1 is 1.22 bits per heavy atom. The van der Waals surface area contributed by atoms with E-state index in [1.54, 1.807) is 0 Å². The molecule has 1 N–H and O–H groups in total. The van der Waals surface area contributed by atoms with Crippen LogP contribution >= 0.6 is 11.6 Å². The molecule has 3 rings (SSSR count). The van der Waals surface area contributed by atoms with Crippen molar-refractivity contribution in [3.05, 3.63) is 64.7 Å². The van der Waals surface area contributed by atoms with E-state index >= 15 is 0 Å². The zero-order valence-electron chi connectivity index (χ0n) is 12.6. The van der Waals surface area contributed by atoms with E-state index in [2.05, 4.69) is 4.90 Å². The van der Waals surface area contributed by atoms with E-state index < -0.39 is 5.97 Å². The molecule has 4 nitrogen and oxygen atoms in total. The Balaban J connectivity index is 1.56. The van der Waals surface area contributed by atoms with Crippen LogP contribution in [0.25, 0.3) is 0 Å². The minimum Gasteiger partial charge on any atom is -0.489 e. The molecular formula is C18H18ClNO3. The standard InChI is InChI=1S/C18H18ClNO3/c19-17-7-2-1-5-14(17)12-23-16-6-3-4-13(8-16)9-20-10-15(11-20)18(21)22/h1-8,15H,9-12H2,(H,21,22). The first-order valence-corrected chi connectivity index (χ1v) is 7.90. The van der Waals surface area contributed by atoms with Crippen molar-refractivity contribution in [2.45, 2.75) is 13.2 Å². The second-order valence-corrected chi connectivity index (χ2v) is 6.16. The number of aliphatic carboxylic acids is 1. The van der Waals surface area contributed by atoms with Crippen molar-refractivity contribution >= 4 is 17.6 Å². The molecule has 1 saturated heterocycles. The van der Waals surface area contributed by atoms with E-state index in [0.717, 1.165) is 23.4 Å². The highest BCUT2D eigenvalue weighted by molar-refractivity contribution is 6.31. The molecular weight excluding hydrogens is 314 g/mol. The van der Waals surface area contributed by atoms with E-state index in [9.17, 15) is 4.79 Å². The van der Waals surface area contributed by atoms with E-state index in [1.807, 2.05) is 48.5 Å². The van der Waals surface area contributed by atoms with Crippen molar-refractivity contribution in [1.82, 2.24) is 4.90 Å². The van der Waals surface area contributed by atoms with Gasteiger partial charge >= 0.3 is 5.97 Å². The topological polar surface area (TPSA) is 49.8 Å². The van der Waals surface area contributed by atoms with Crippen molar-refractivity contribution < 1.29 is 14.6 Å². The summed E-state index contributed by atoms with van der Waals surface area (Å²) in [7, 11) is 0. The van der Waals surface area contributed by atoms with Crippen molar-refractivity contribution in [2.75, 3.05) is 13.1 Å². The molecule has 0 aliphatic carbocycles. The fraction of sp³-hybridized carbons (Fsp3) is 0.278. The molecule has 2 aromatic carbocycles. The number of carboxylic acids is 1. The minimum atomic E-state index is -0.710. The molecule has 1 fully saturated rings. The third-order valence-electron chi connectivity index (χ3n) is 3.96. The van der Waals surface area contributed by atoms with Crippen molar-refractivity contribution in [1.29, 1.82) is 0 Å². The van der Waals surface area contributed by atoms with E-state index in [-0.39, 0.29) is 5.92 Å². The Labute approximate surface area is 140 Å². The number of nitrogens with zero attached hydrogens (tertiary/aromatic N) is 1. The van der Waals surface area contributed by atoms with Crippen LogP contribution in [0.2, 0.25) is 5.02 Å². The number of carbonyl (C=O) groups is 1. The van der Waals surface area contributed by atoms with E-state index in [1.165, 1.54) is 0 Å². The normalized spacial score (nSPS) is 15.2. The molecule has 5 heteroatoms. The SMILES string of the molecule is O=C(O)C1CN(Cc2cccc(OCc3ccccc3Cl)c2)C1. The third-order valence-corrected chi connectivity index (χ3v) is 4.33. The Bertz CT molecular complexity index is 698. The average Bonchev–Trinajstić information content (AvgIpc) is 2.50. The zero-order valence-corrected chi connectivity index (χ0v) is 13.4. The van der Waals surface area contributed by atoms with Gasteiger partial charge in [-0.05, 0) is 23.8 Å². The zero-order chi connectivity index (χ0) is 16.2. The lowest BCUT2D eigenvalue weighted by molar-refractivity contribution is -0.147. The highest BCUT2D eigenvalue weighted by Gasteiger charge is 2.32. The molecule has 120 valence electrons. The molecule has 1 aliphatic rings.